The van der Waals surface area contributed by atoms with Crippen molar-refractivity contribution in [1.29, 1.82) is 0 Å². The fourth-order valence-corrected chi connectivity index (χ4v) is 3.30. The molecule has 0 bridgehead atoms. The van der Waals surface area contributed by atoms with Crippen molar-refractivity contribution in [2.24, 2.45) is 16.1 Å². The summed E-state index contributed by atoms with van der Waals surface area (Å²) in [7, 11) is 0. The van der Waals surface area contributed by atoms with Crippen molar-refractivity contribution in [1.82, 2.24) is 0 Å². The summed E-state index contributed by atoms with van der Waals surface area (Å²) in [6.07, 6.45) is 4.91. The van der Waals surface area contributed by atoms with Crippen LogP contribution < -0.4 is 4.74 Å². The third-order valence-corrected chi connectivity index (χ3v) is 5.40. The highest BCUT2D eigenvalue weighted by atomic mass is 16.5. The summed E-state index contributed by atoms with van der Waals surface area (Å²) in [5.74, 6) is 1.53. The molecule has 0 amide bonds. The minimum Gasteiger partial charge on any atom is -0.493 e. The van der Waals surface area contributed by atoms with Crippen molar-refractivity contribution < 1.29 is 4.74 Å². The van der Waals surface area contributed by atoms with Gasteiger partial charge in [0.05, 0.1) is 18.0 Å². The number of benzene rings is 3. The van der Waals surface area contributed by atoms with Crippen LogP contribution in [0.3, 0.4) is 0 Å². The molecule has 3 heteroatoms. The Morgan fingerprint density at radius 1 is 0.733 bits per heavy atom. The minimum absolute atomic E-state index is 0.632. The van der Waals surface area contributed by atoms with E-state index in [9.17, 15) is 0 Å². The lowest BCUT2D eigenvalue weighted by Crippen LogP contribution is -2.11. The van der Waals surface area contributed by atoms with E-state index in [1.165, 1.54) is 36.0 Å². The van der Waals surface area contributed by atoms with Crippen LogP contribution in [-0.4, -0.2) is 6.61 Å². The molecule has 3 aromatic carbocycles. The van der Waals surface area contributed by atoms with Crippen LogP contribution in [0.5, 0.6) is 5.75 Å². The predicted octanol–water partition coefficient (Wildman–Crippen LogP) is 8.67. The summed E-state index contributed by atoms with van der Waals surface area (Å²) in [6, 6.07) is 24.5. The van der Waals surface area contributed by atoms with Crippen molar-refractivity contribution in [3.05, 3.63) is 78.4 Å². The average molecular weight is 401 g/mol. The van der Waals surface area contributed by atoms with E-state index in [0.717, 1.165) is 30.2 Å². The molecule has 0 saturated heterocycles. The smallest absolute Gasteiger partial charge is 0.119 e. The zero-order valence-corrected chi connectivity index (χ0v) is 18.3. The first-order valence-electron chi connectivity index (χ1n) is 11.0. The Hall–Kier alpha value is -2.94. The van der Waals surface area contributed by atoms with Gasteiger partial charge in [-0.1, -0.05) is 75.1 Å². The van der Waals surface area contributed by atoms with Crippen LogP contribution in [0, 0.1) is 12.8 Å². The molecule has 0 fully saturated rings. The molecule has 1 atom stereocenters. The van der Waals surface area contributed by atoms with Crippen LogP contribution in [0.2, 0.25) is 0 Å². The van der Waals surface area contributed by atoms with E-state index in [4.69, 9.17) is 4.74 Å². The van der Waals surface area contributed by atoms with E-state index in [0.29, 0.717) is 5.92 Å². The Balaban J connectivity index is 1.55. The monoisotopic (exact) mass is 400 g/mol. The highest BCUT2D eigenvalue weighted by molar-refractivity contribution is 5.65. The van der Waals surface area contributed by atoms with Gasteiger partial charge in [0.25, 0.3) is 0 Å². The van der Waals surface area contributed by atoms with Gasteiger partial charge in [0.1, 0.15) is 5.75 Å². The van der Waals surface area contributed by atoms with Crippen LogP contribution in [0.4, 0.5) is 11.4 Å². The molecule has 0 radical (unpaired) electrons. The molecule has 3 nitrogen and oxygen atoms in total. The van der Waals surface area contributed by atoms with Crippen molar-refractivity contribution in [2.75, 3.05) is 6.61 Å². The van der Waals surface area contributed by atoms with Crippen molar-refractivity contribution >= 4 is 11.4 Å². The van der Waals surface area contributed by atoms with E-state index in [1.54, 1.807) is 0 Å². The van der Waals surface area contributed by atoms with Gasteiger partial charge in [-0.3, -0.25) is 0 Å². The fraction of sp³-hybridized carbons (Fsp3) is 0.333. The predicted molar refractivity (Wildman–Crippen MR) is 126 cm³/mol. The second-order valence-electron chi connectivity index (χ2n) is 7.83. The molecule has 1 unspecified atom stereocenters. The van der Waals surface area contributed by atoms with Crippen molar-refractivity contribution in [3.8, 4) is 16.9 Å². The van der Waals surface area contributed by atoms with Gasteiger partial charge in [0, 0.05) is 0 Å². The number of aryl methyl sites for hydroxylation is 1. The number of hydrogen-bond donors (Lipinski definition) is 0. The largest absolute Gasteiger partial charge is 0.493 e. The number of nitrogens with zero attached hydrogens (tertiary/aromatic N) is 2. The standard InChI is InChI=1S/C27H32N2O/c1-4-6-7-22(5-2)20-30-27-18-16-26(17-19-27)29-28-25-14-12-24(13-15-25)23-10-8-21(3)9-11-23/h8-19,22H,4-7,20H2,1-3H3/b29-28+. The molecular weight excluding hydrogens is 368 g/mol. The van der Waals surface area contributed by atoms with Crippen LogP contribution in [0.15, 0.2) is 83.0 Å². The highest BCUT2D eigenvalue weighted by Gasteiger charge is 2.07. The molecular formula is C27H32N2O. The van der Waals surface area contributed by atoms with E-state index in [2.05, 4.69) is 67.4 Å². The maximum atomic E-state index is 5.96. The maximum Gasteiger partial charge on any atom is 0.119 e. The Morgan fingerprint density at radius 2 is 1.27 bits per heavy atom. The number of ether oxygens (including phenoxy) is 1. The molecule has 3 rings (SSSR count). The van der Waals surface area contributed by atoms with Gasteiger partial charge in [-0.05, 0) is 66.8 Å². The maximum absolute atomic E-state index is 5.96. The molecule has 0 aliphatic carbocycles. The first kappa shape index (κ1) is 21.8. The number of rotatable bonds is 10. The van der Waals surface area contributed by atoms with E-state index < -0.39 is 0 Å². The van der Waals surface area contributed by atoms with Crippen LogP contribution >= 0.6 is 0 Å². The normalized spacial score (nSPS) is 12.2. The van der Waals surface area contributed by atoms with Crippen molar-refractivity contribution in [2.45, 2.75) is 46.5 Å². The van der Waals surface area contributed by atoms with Crippen molar-refractivity contribution in [3.63, 3.8) is 0 Å². The van der Waals surface area contributed by atoms with Gasteiger partial charge >= 0.3 is 0 Å². The number of hydrogen-bond acceptors (Lipinski definition) is 3. The van der Waals surface area contributed by atoms with E-state index >= 15 is 0 Å². The van der Waals surface area contributed by atoms with Gasteiger partial charge in [0.2, 0.25) is 0 Å². The Kier molecular flexibility index (Phi) is 8.20. The Bertz CT molecular complexity index is 913. The lowest BCUT2D eigenvalue weighted by Gasteiger charge is -2.15. The second kappa shape index (κ2) is 11.3. The lowest BCUT2D eigenvalue weighted by atomic mass is 10.0. The summed E-state index contributed by atoms with van der Waals surface area (Å²) < 4.78 is 5.96. The first-order chi connectivity index (χ1) is 14.7. The highest BCUT2D eigenvalue weighted by Crippen LogP contribution is 2.25. The lowest BCUT2D eigenvalue weighted by molar-refractivity contribution is 0.233. The molecule has 0 spiro atoms. The molecule has 156 valence electrons. The zero-order valence-electron chi connectivity index (χ0n) is 18.3. The summed E-state index contributed by atoms with van der Waals surface area (Å²) in [4.78, 5) is 0. The van der Waals surface area contributed by atoms with Gasteiger partial charge in [-0.15, -0.1) is 0 Å². The van der Waals surface area contributed by atoms with Gasteiger partial charge in [-0.2, -0.15) is 10.2 Å². The zero-order chi connectivity index (χ0) is 21.2. The molecule has 0 saturated carbocycles. The van der Waals surface area contributed by atoms with Crippen LogP contribution in [0.25, 0.3) is 11.1 Å². The van der Waals surface area contributed by atoms with Gasteiger partial charge in [0.15, 0.2) is 0 Å². The Labute approximate surface area is 180 Å². The first-order valence-corrected chi connectivity index (χ1v) is 11.0. The van der Waals surface area contributed by atoms with Crippen LogP contribution in [-0.2, 0) is 0 Å². The molecule has 0 aliphatic heterocycles. The van der Waals surface area contributed by atoms with Crippen LogP contribution in [0.1, 0.15) is 45.1 Å². The molecule has 0 heterocycles. The molecule has 0 aromatic heterocycles. The summed E-state index contributed by atoms with van der Waals surface area (Å²) in [5.41, 5.74) is 5.32. The summed E-state index contributed by atoms with van der Waals surface area (Å²) in [6.45, 7) is 7.35. The van der Waals surface area contributed by atoms with E-state index in [1.807, 2.05) is 36.4 Å². The number of unbranched alkanes of at least 4 members (excludes halogenated alkanes) is 1. The quantitative estimate of drug-likeness (QED) is 0.313. The molecule has 0 N–H and O–H groups in total. The topological polar surface area (TPSA) is 34.0 Å². The second-order valence-corrected chi connectivity index (χ2v) is 7.83. The third kappa shape index (κ3) is 6.55. The van der Waals surface area contributed by atoms with Gasteiger partial charge < -0.3 is 4.74 Å². The molecule has 30 heavy (non-hydrogen) atoms. The summed E-state index contributed by atoms with van der Waals surface area (Å²) in [5, 5.41) is 8.71. The van der Waals surface area contributed by atoms with E-state index in [-0.39, 0.29) is 0 Å². The summed E-state index contributed by atoms with van der Waals surface area (Å²) >= 11 is 0. The number of azo groups is 1. The fourth-order valence-electron chi connectivity index (χ4n) is 3.30. The Morgan fingerprint density at radius 3 is 1.80 bits per heavy atom. The molecule has 0 aliphatic rings. The molecule has 3 aromatic rings. The third-order valence-electron chi connectivity index (χ3n) is 5.40. The van der Waals surface area contributed by atoms with Gasteiger partial charge in [-0.25, -0.2) is 0 Å². The SMILES string of the molecule is CCCCC(CC)COc1ccc(/N=N/c2ccc(-c3ccc(C)cc3)cc2)cc1. The average Bonchev–Trinajstić information content (AvgIpc) is 2.79. The minimum atomic E-state index is 0.632.